The van der Waals surface area contributed by atoms with E-state index in [9.17, 15) is 18.0 Å². The maximum absolute atomic E-state index is 12.1. The molecule has 0 amide bonds. The second-order valence-corrected chi connectivity index (χ2v) is 3.71. The third kappa shape index (κ3) is 3.29. The van der Waals surface area contributed by atoms with Crippen LogP contribution in [0.4, 0.5) is 13.2 Å². The van der Waals surface area contributed by atoms with E-state index in [0.29, 0.717) is 13.0 Å². The van der Waals surface area contributed by atoms with E-state index < -0.39 is 18.8 Å². The van der Waals surface area contributed by atoms with E-state index in [4.69, 9.17) is 0 Å². The summed E-state index contributed by atoms with van der Waals surface area (Å²) in [5.41, 5.74) is 0. The maximum atomic E-state index is 12.1. The molecule has 0 spiro atoms. The molecule has 0 saturated carbocycles. The Labute approximate surface area is 81.1 Å². The highest BCUT2D eigenvalue weighted by Gasteiger charge is 2.36. The summed E-state index contributed by atoms with van der Waals surface area (Å²) in [4.78, 5) is 12.3. The molecule has 1 saturated heterocycles. The number of rotatable bonds is 2. The average molecular weight is 209 g/mol. The zero-order valence-electron chi connectivity index (χ0n) is 8.10. The van der Waals surface area contributed by atoms with Crippen LogP contribution in [-0.2, 0) is 4.79 Å². The fourth-order valence-corrected chi connectivity index (χ4v) is 1.87. The van der Waals surface area contributed by atoms with Crippen LogP contribution >= 0.6 is 0 Å². The van der Waals surface area contributed by atoms with Gasteiger partial charge in [-0.05, 0) is 26.3 Å². The van der Waals surface area contributed by atoms with Gasteiger partial charge in [0.25, 0.3) is 0 Å². The lowest BCUT2D eigenvalue weighted by Gasteiger charge is -2.34. The summed E-state index contributed by atoms with van der Waals surface area (Å²) in [5, 5.41) is 0. The smallest absolute Gasteiger partial charge is 0.298 e. The summed E-state index contributed by atoms with van der Waals surface area (Å²) in [7, 11) is 0. The van der Waals surface area contributed by atoms with E-state index in [1.807, 2.05) is 0 Å². The lowest BCUT2D eigenvalue weighted by atomic mass is 9.99. The molecule has 0 bridgehead atoms. The second-order valence-electron chi connectivity index (χ2n) is 3.71. The largest absolute Gasteiger partial charge is 0.401 e. The van der Waals surface area contributed by atoms with Gasteiger partial charge in [0.2, 0.25) is 0 Å². The van der Waals surface area contributed by atoms with Gasteiger partial charge in [0.05, 0.1) is 12.6 Å². The van der Waals surface area contributed by atoms with Crippen molar-refractivity contribution in [2.45, 2.75) is 38.4 Å². The number of Topliss-reactive ketones (excluding diaryl/α,β-unsaturated/α-hetero) is 1. The molecular weight excluding hydrogens is 195 g/mol. The molecule has 5 heteroatoms. The number of nitrogens with zero attached hydrogens (tertiary/aromatic N) is 1. The lowest BCUT2D eigenvalue weighted by molar-refractivity contribution is -0.156. The van der Waals surface area contributed by atoms with Crippen LogP contribution in [0.25, 0.3) is 0 Å². The third-order valence-electron chi connectivity index (χ3n) is 2.47. The number of piperidine rings is 1. The molecule has 1 aliphatic heterocycles. The van der Waals surface area contributed by atoms with E-state index in [1.54, 1.807) is 0 Å². The molecule has 1 atom stereocenters. The molecule has 0 N–H and O–H groups in total. The van der Waals surface area contributed by atoms with Crippen molar-refractivity contribution in [2.24, 2.45) is 0 Å². The molecule has 1 aliphatic rings. The van der Waals surface area contributed by atoms with Gasteiger partial charge in [0.15, 0.2) is 0 Å². The number of carbonyl (C=O) groups is 1. The van der Waals surface area contributed by atoms with Gasteiger partial charge >= 0.3 is 6.18 Å². The minimum absolute atomic E-state index is 0.158. The van der Waals surface area contributed by atoms with Crippen molar-refractivity contribution in [3.8, 4) is 0 Å². The molecule has 0 aliphatic carbocycles. The monoisotopic (exact) mass is 209 g/mol. The first kappa shape index (κ1) is 11.5. The zero-order valence-corrected chi connectivity index (χ0v) is 8.10. The average Bonchev–Trinajstić information content (AvgIpc) is 2.01. The molecule has 1 heterocycles. The summed E-state index contributed by atoms with van der Waals surface area (Å²) in [6.07, 6.45) is -2.05. The minimum atomic E-state index is -4.20. The summed E-state index contributed by atoms with van der Waals surface area (Å²) < 4.78 is 36.4. The van der Waals surface area contributed by atoms with Gasteiger partial charge in [-0.15, -0.1) is 0 Å². The second kappa shape index (κ2) is 4.29. The van der Waals surface area contributed by atoms with Crippen molar-refractivity contribution in [1.82, 2.24) is 4.90 Å². The van der Waals surface area contributed by atoms with Crippen LogP contribution in [0.15, 0.2) is 0 Å². The Morgan fingerprint density at radius 2 is 2.07 bits per heavy atom. The molecular formula is C9H14F3NO. The highest BCUT2D eigenvalue weighted by Crippen LogP contribution is 2.23. The van der Waals surface area contributed by atoms with Crippen LogP contribution in [0.1, 0.15) is 26.2 Å². The maximum Gasteiger partial charge on any atom is 0.401 e. The minimum Gasteiger partial charge on any atom is -0.298 e. The zero-order chi connectivity index (χ0) is 10.8. The predicted molar refractivity (Wildman–Crippen MR) is 45.9 cm³/mol. The van der Waals surface area contributed by atoms with Crippen LogP contribution in [0, 0.1) is 0 Å². The van der Waals surface area contributed by atoms with E-state index in [1.165, 1.54) is 11.8 Å². The standard InChI is InChI=1S/C9H14F3NO/c1-7(14)8-4-2-3-5-13(8)6-9(10,11)12/h8H,2-6H2,1H3. The highest BCUT2D eigenvalue weighted by molar-refractivity contribution is 5.81. The van der Waals surface area contributed by atoms with Crippen molar-refractivity contribution in [2.75, 3.05) is 13.1 Å². The molecule has 1 rings (SSSR count). The van der Waals surface area contributed by atoms with Crippen molar-refractivity contribution in [3.63, 3.8) is 0 Å². The van der Waals surface area contributed by atoms with Crippen LogP contribution in [-0.4, -0.2) is 36.0 Å². The van der Waals surface area contributed by atoms with Gasteiger partial charge in [-0.1, -0.05) is 6.42 Å². The van der Waals surface area contributed by atoms with Crippen molar-refractivity contribution in [1.29, 1.82) is 0 Å². The first-order chi connectivity index (χ1) is 6.40. The fourth-order valence-electron chi connectivity index (χ4n) is 1.87. The van der Waals surface area contributed by atoms with Crippen LogP contribution in [0.3, 0.4) is 0 Å². The highest BCUT2D eigenvalue weighted by atomic mass is 19.4. The first-order valence-electron chi connectivity index (χ1n) is 4.71. The molecule has 82 valence electrons. The number of hydrogen-bond acceptors (Lipinski definition) is 2. The van der Waals surface area contributed by atoms with E-state index >= 15 is 0 Å². The number of carbonyl (C=O) groups excluding carboxylic acids is 1. The third-order valence-corrected chi connectivity index (χ3v) is 2.47. The van der Waals surface area contributed by atoms with Crippen LogP contribution in [0.2, 0.25) is 0 Å². The summed E-state index contributed by atoms with van der Waals surface area (Å²) >= 11 is 0. The summed E-state index contributed by atoms with van der Waals surface area (Å²) in [5.74, 6) is -0.158. The molecule has 1 unspecified atom stereocenters. The summed E-state index contributed by atoms with van der Waals surface area (Å²) in [6, 6.07) is -0.523. The number of hydrogen-bond donors (Lipinski definition) is 0. The molecule has 14 heavy (non-hydrogen) atoms. The summed E-state index contributed by atoms with van der Waals surface area (Å²) in [6.45, 7) is 0.778. The number of ketones is 1. The molecule has 2 nitrogen and oxygen atoms in total. The molecule has 0 aromatic rings. The Bertz CT molecular complexity index is 215. The Kier molecular flexibility index (Phi) is 3.53. The quantitative estimate of drug-likeness (QED) is 0.693. The van der Waals surface area contributed by atoms with E-state index in [2.05, 4.69) is 0 Å². The van der Waals surface area contributed by atoms with Crippen LogP contribution in [0.5, 0.6) is 0 Å². The SMILES string of the molecule is CC(=O)C1CCCCN1CC(F)(F)F. The topological polar surface area (TPSA) is 20.3 Å². The van der Waals surface area contributed by atoms with Crippen molar-refractivity contribution < 1.29 is 18.0 Å². The Morgan fingerprint density at radius 1 is 1.43 bits per heavy atom. The molecule has 0 aromatic carbocycles. The number of likely N-dealkylation sites (tertiary alicyclic amines) is 1. The lowest BCUT2D eigenvalue weighted by Crippen LogP contribution is -2.47. The molecule has 0 radical (unpaired) electrons. The van der Waals surface area contributed by atoms with Crippen LogP contribution < -0.4 is 0 Å². The normalized spacial score (nSPS) is 25.0. The fraction of sp³-hybridized carbons (Fsp3) is 0.889. The van der Waals surface area contributed by atoms with Crippen molar-refractivity contribution in [3.05, 3.63) is 0 Å². The van der Waals surface area contributed by atoms with E-state index in [0.717, 1.165) is 12.8 Å². The Hall–Kier alpha value is -0.580. The van der Waals surface area contributed by atoms with Gasteiger partial charge in [0.1, 0.15) is 5.78 Å². The number of alkyl halides is 3. The van der Waals surface area contributed by atoms with Gasteiger partial charge in [-0.3, -0.25) is 9.69 Å². The van der Waals surface area contributed by atoms with Gasteiger partial charge in [-0.2, -0.15) is 13.2 Å². The molecule has 0 aromatic heterocycles. The predicted octanol–water partition coefficient (Wildman–Crippen LogP) is 1.99. The number of halogens is 3. The Morgan fingerprint density at radius 3 is 2.57 bits per heavy atom. The Balaban J connectivity index is 2.59. The molecule has 1 fully saturated rings. The first-order valence-corrected chi connectivity index (χ1v) is 4.71. The van der Waals surface area contributed by atoms with Crippen molar-refractivity contribution >= 4 is 5.78 Å². The van der Waals surface area contributed by atoms with Gasteiger partial charge < -0.3 is 0 Å². The van der Waals surface area contributed by atoms with E-state index in [-0.39, 0.29) is 5.78 Å². The van der Waals surface area contributed by atoms with Gasteiger partial charge in [-0.25, -0.2) is 0 Å². The van der Waals surface area contributed by atoms with Gasteiger partial charge in [0, 0.05) is 0 Å².